The number of hydrogen-bond donors (Lipinski definition) is 2. The lowest BCUT2D eigenvalue weighted by molar-refractivity contribution is 0.0951. The van der Waals surface area contributed by atoms with Crippen molar-refractivity contribution >= 4 is 5.91 Å². The second-order valence-electron chi connectivity index (χ2n) is 5.56. The van der Waals surface area contributed by atoms with Crippen LogP contribution in [0.4, 0.5) is 0 Å². The number of benzene rings is 1. The molecule has 2 N–H and O–H groups in total. The first-order valence-electron chi connectivity index (χ1n) is 7.49. The van der Waals surface area contributed by atoms with E-state index in [1.54, 1.807) is 0 Å². The molecule has 0 saturated heterocycles. The molecule has 1 aliphatic heterocycles. The minimum atomic E-state index is -0.168. The Bertz CT molecular complexity index is 880. The third-order valence-electron chi connectivity index (χ3n) is 3.79. The van der Waals surface area contributed by atoms with Crippen molar-refractivity contribution in [2.75, 3.05) is 6.54 Å². The molecule has 0 bridgehead atoms. The molecule has 3 heterocycles. The topological polar surface area (TPSA) is 96.7 Å². The number of carbonyl (C=O) groups excluding carboxylic acids is 1. The van der Waals surface area contributed by atoms with Gasteiger partial charge in [0.25, 0.3) is 11.8 Å². The number of rotatable bonds is 2. The summed E-state index contributed by atoms with van der Waals surface area (Å²) in [7, 11) is 0. The van der Waals surface area contributed by atoms with Crippen LogP contribution >= 0.6 is 0 Å². The second-order valence-corrected chi connectivity index (χ2v) is 5.56. The fourth-order valence-corrected chi connectivity index (χ4v) is 2.65. The average Bonchev–Trinajstić information content (AvgIpc) is 3.15. The number of hydrogen-bond acceptors (Lipinski definition) is 5. The highest BCUT2D eigenvalue weighted by Gasteiger charge is 2.23. The molecule has 2 aromatic heterocycles. The lowest BCUT2D eigenvalue weighted by Gasteiger charge is -1.95. The van der Waals surface area contributed by atoms with E-state index in [1.807, 2.05) is 31.2 Å². The zero-order valence-corrected chi connectivity index (χ0v) is 12.6. The van der Waals surface area contributed by atoms with Crippen LogP contribution < -0.4 is 5.32 Å². The SMILES string of the molecule is Cc1cccc(-c2noc(-c3nc4c([nH]3)CCCNC4=O)n2)c1. The summed E-state index contributed by atoms with van der Waals surface area (Å²) in [6.45, 7) is 2.67. The number of H-pyrrole nitrogens is 1. The second kappa shape index (κ2) is 5.35. The molecular weight excluding hydrogens is 294 g/mol. The van der Waals surface area contributed by atoms with Crippen molar-refractivity contribution in [3.8, 4) is 23.1 Å². The fourth-order valence-electron chi connectivity index (χ4n) is 2.65. The van der Waals surface area contributed by atoms with Gasteiger partial charge in [-0.2, -0.15) is 4.98 Å². The number of aromatic nitrogens is 4. The highest BCUT2D eigenvalue weighted by atomic mass is 16.5. The first kappa shape index (κ1) is 13.7. The Balaban J connectivity index is 1.70. The summed E-state index contributed by atoms with van der Waals surface area (Å²) < 4.78 is 5.30. The maximum Gasteiger partial charge on any atom is 0.294 e. The highest BCUT2D eigenvalue weighted by Crippen LogP contribution is 2.23. The van der Waals surface area contributed by atoms with E-state index < -0.39 is 0 Å². The van der Waals surface area contributed by atoms with Gasteiger partial charge in [-0.25, -0.2) is 4.98 Å². The average molecular weight is 309 g/mol. The number of fused-ring (bicyclic) bond motifs is 1. The smallest absolute Gasteiger partial charge is 0.294 e. The van der Waals surface area contributed by atoms with Gasteiger partial charge in [0.05, 0.1) is 0 Å². The fraction of sp³-hybridized carbons (Fsp3) is 0.250. The van der Waals surface area contributed by atoms with Crippen molar-refractivity contribution in [1.82, 2.24) is 25.4 Å². The molecule has 23 heavy (non-hydrogen) atoms. The van der Waals surface area contributed by atoms with Gasteiger partial charge in [-0.15, -0.1) is 0 Å². The maximum atomic E-state index is 12.0. The number of carbonyl (C=O) groups is 1. The molecule has 0 unspecified atom stereocenters. The highest BCUT2D eigenvalue weighted by molar-refractivity contribution is 5.94. The molecule has 0 aliphatic carbocycles. The third kappa shape index (κ3) is 2.50. The molecule has 0 fully saturated rings. The van der Waals surface area contributed by atoms with Crippen molar-refractivity contribution in [1.29, 1.82) is 0 Å². The van der Waals surface area contributed by atoms with Crippen LogP contribution in [-0.4, -0.2) is 32.6 Å². The standard InChI is InChI=1S/C16H15N5O2/c1-9-4-2-5-10(8-9)13-20-16(23-21-13)14-18-11-6-3-7-17-15(22)12(11)19-14/h2,4-5,8H,3,6-7H2,1H3,(H,17,22)(H,18,19). The van der Waals surface area contributed by atoms with E-state index in [-0.39, 0.29) is 11.8 Å². The Labute approximate surface area is 132 Å². The minimum absolute atomic E-state index is 0.168. The molecule has 0 spiro atoms. The van der Waals surface area contributed by atoms with Gasteiger partial charge in [-0.05, 0) is 25.8 Å². The molecule has 1 aliphatic rings. The van der Waals surface area contributed by atoms with Crippen LogP contribution in [0.5, 0.6) is 0 Å². The van der Waals surface area contributed by atoms with Crippen LogP contribution in [0.1, 0.15) is 28.2 Å². The van der Waals surface area contributed by atoms with Gasteiger partial charge in [-0.1, -0.05) is 28.9 Å². The molecule has 1 aromatic carbocycles. The molecule has 0 radical (unpaired) electrons. The van der Waals surface area contributed by atoms with Gasteiger partial charge in [-0.3, -0.25) is 4.79 Å². The van der Waals surface area contributed by atoms with Crippen LogP contribution in [0.25, 0.3) is 23.1 Å². The predicted molar refractivity (Wildman–Crippen MR) is 82.7 cm³/mol. The summed E-state index contributed by atoms with van der Waals surface area (Å²) >= 11 is 0. The van der Waals surface area contributed by atoms with Crippen LogP contribution in [0, 0.1) is 6.92 Å². The largest absolute Gasteiger partial charge is 0.351 e. The summed E-state index contributed by atoms with van der Waals surface area (Å²) in [4.78, 5) is 23.8. The van der Waals surface area contributed by atoms with E-state index in [0.29, 0.717) is 23.9 Å². The normalized spacial score (nSPS) is 14.2. The monoisotopic (exact) mass is 309 g/mol. The number of nitrogens with zero attached hydrogens (tertiary/aromatic N) is 3. The van der Waals surface area contributed by atoms with Gasteiger partial charge < -0.3 is 14.8 Å². The Hall–Kier alpha value is -2.96. The van der Waals surface area contributed by atoms with Gasteiger partial charge in [0.2, 0.25) is 5.82 Å². The number of imidazole rings is 1. The summed E-state index contributed by atoms with van der Waals surface area (Å²) in [5, 5.41) is 6.82. The van der Waals surface area contributed by atoms with E-state index in [2.05, 4.69) is 25.4 Å². The van der Waals surface area contributed by atoms with E-state index in [0.717, 1.165) is 29.7 Å². The predicted octanol–water partition coefficient (Wildman–Crippen LogP) is 2.11. The number of aromatic amines is 1. The number of aryl methyl sites for hydroxylation is 2. The van der Waals surface area contributed by atoms with Crippen LogP contribution in [0.3, 0.4) is 0 Å². The third-order valence-corrected chi connectivity index (χ3v) is 3.79. The molecule has 7 heteroatoms. The molecule has 3 aromatic rings. The van der Waals surface area contributed by atoms with Gasteiger partial charge >= 0.3 is 0 Å². The Kier molecular flexibility index (Phi) is 3.18. The zero-order valence-electron chi connectivity index (χ0n) is 12.6. The quantitative estimate of drug-likeness (QED) is 0.755. The van der Waals surface area contributed by atoms with Gasteiger partial charge in [0.1, 0.15) is 5.69 Å². The lowest BCUT2D eigenvalue weighted by atomic mass is 10.1. The number of nitrogens with one attached hydrogen (secondary N) is 2. The van der Waals surface area contributed by atoms with Gasteiger partial charge in [0.15, 0.2) is 5.82 Å². The Morgan fingerprint density at radius 3 is 3.04 bits per heavy atom. The van der Waals surface area contributed by atoms with E-state index in [4.69, 9.17) is 4.52 Å². The minimum Gasteiger partial charge on any atom is -0.351 e. The molecule has 0 atom stereocenters. The lowest BCUT2D eigenvalue weighted by Crippen LogP contribution is -2.23. The van der Waals surface area contributed by atoms with E-state index >= 15 is 0 Å². The van der Waals surface area contributed by atoms with Crippen molar-refractivity contribution < 1.29 is 9.32 Å². The van der Waals surface area contributed by atoms with Crippen molar-refractivity contribution in [3.63, 3.8) is 0 Å². The van der Waals surface area contributed by atoms with Crippen molar-refractivity contribution in [2.24, 2.45) is 0 Å². The Morgan fingerprint density at radius 2 is 2.17 bits per heavy atom. The van der Waals surface area contributed by atoms with Gasteiger partial charge in [0, 0.05) is 17.8 Å². The molecule has 4 rings (SSSR count). The molecule has 7 nitrogen and oxygen atoms in total. The van der Waals surface area contributed by atoms with E-state index in [9.17, 15) is 4.79 Å². The number of amides is 1. The molecular formula is C16H15N5O2. The summed E-state index contributed by atoms with van der Waals surface area (Å²) in [6.07, 6.45) is 1.64. The van der Waals surface area contributed by atoms with Crippen LogP contribution in [-0.2, 0) is 6.42 Å². The molecule has 1 amide bonds. The van der Waals surface area contributed by atoms with Crippen LogP contribution in [0.2, 0.25) is 0 Å². The molecule has 0 saturated carbocycles. The van der Waals surface area contributed by atoms with Crippen molar-refractivity contribution in [3.05, 3.63) is 41.2 Å². The first-order chi connectivity index (χ1) is 11.2. The Morgan fingerprint density at radius 1 is 1.26 bits per heavy atom. The summed E-state index contributed by atoms with van der Waals surface area (Å²) in [5.41, 5.74) is 3.22. The first-order valence-corrected chi connectivity index (χ1v) is 7.49. The maximum absolute atomic E-state index is 12.0. The van der Waals surface area contributed by atoms with E-state index in [1.165, 1.54) is 0 Å². The zero-order chi connectivity index (χ0) is 15.8. The molecule has 116 valence electrons. The summed E-state index contributed by atoms with van der Waals surface area (Å²) in [5.74, 6) is 1.04. The summed E-state index contributed by atoms with van der Waals surface area (Å²) in [6, 6.07) is 7.86. The van der Waals surface area contributed by atoms with Crippen molar-refractivity contribution in [2.45, 2.75) is 19.8 Å². The van der Waals surface area contributed by atoms with Crippen LogP contribution in [0.15, 0.2) is 28.8 Å².